The van der Waals surface area contributed by atoms with E-state index < -0.39 is 15.9 Å². The van der Waals surface area contributed by atoms with Crippen LogP contribution in [0.1, 0.15) is 34.3 Å². The lowest BCUT2D eigenvalue weighted by molar-refractivity contribution is -0.120. The summed E-state index contributed by atoms with van der Waals surface area (Å²) in [5, 5.41) is 2.75. The molecule has 0 aromatic heterocycles. The molecule has 1 aliphatic heterocycles. The molecule has 3 rings (SSSR count). The second-order valence-electron chi connectivity index (χ2n) is 7.32. The minimum absolute atomic E-state index is 0.0441. The number of primary amides is 1. The molecule has 7 nitrogen and oxygen atoms in total. The quantitative estimate of drug-likeness (QED) is 0.754. The van der Waals surface area contributed by atoms with Gasteiger partial charge in [-0.25, -0.2) is 12.7 Å². The van der Waals surface area contributed by atoms with E-state index in [2.05, 4.69) is 5.32 Å². The Morgan fingerprint density at radius 2 is 1.79 bits per heavy atom. The predicted molar refractivity (Wildman–Crippen MR) is 112 cm³/mol. The molecule has 0 atom stereocenters. The van der Waals surface area contributed by atoms with Gasteiger partial charge in [0.05, 0.1) is 17.0 Å². The van der Waals surface area contributed by atoms with E-state index >= 15 is 0 Å². The van der Waals surface area contributed by atoms with Gasteiger partial charge in [-0.3, -0.25) is 9.59 Å². The first-order valence-corrected chi connectivity index (χ1v) is 11.1. The molecular weight excluding hydrogens is 390 g/mol. The van der Waals surface area contributed by atoms with E-state index in [0.29, 0.717) is 31.6 Å². The SMILES string of the molecule is Cc1cccc(CS(=O)(=O)N2CCC(C(=O)Nc3ccccc3C(N)=O)CC2)c1. The number of sulfonamides is 1. The number of para-hydroxylation sites is 1. The lowest BCUT2D eigenvalue weighted by atomic mass is 9.97. The van der Waals surface area contributed by atoms with Crippen LogP contribution in [0.5, 0.6) is 0 Å². The van der Waals surface area contributed by atoms with Gasteiger partial charge in [0.1, 0.15) is 0 Å². The number of anilines is 1. The van der Waals surface area contributed by atoms with Crippen LogP contribution < -0.4 is 11.1 Å². The van der Waals surface area contributed by atoms with E-state index in [9.17, 15) is 18.0 Å². The number of nitrogens with zero attached hydrogens (tertiary/aromatic N) is 1. The number of piperidine rings is 1. The predicted octanol–water partition coefficient (Wildman–Crippen LogP) is 2.27. The highest BCUT2D eigenvalue weighted by Gasteiger charge is 2.31. The van der Waals surface area contributed by atoms with E-state index in [4.69, 9.17) is 5.73 Å². The molecule has 2 aromatic rings. The maximum Gasteiger partial charge on any atom is 0.250 e. The standard InChI is InChI=1S/C21H25N3O4S/c1-15-5-4-6-16(13-15)14-29(27,28)24-11-9-17(10-12-24)21(26)23-19-8-3-2-7-18(19)20(22)25/h2-8,13,17H,9-12,14H2,1H3,(H2,22,25)(H,23,26). The summed E-state index contributed by atoms with van der Waals surface area (Å²) in [4.78, 5) is 24.1. The fourth-order valence-electron chi connectivity index (χ4n) is 3.54. The van der Waals surface area contributed by atoms with Crippen LogP contribution in [-0.4, -0.2) is 37.6 Å². The van der Waals surface area contributed by atoms with Crippen molar-refractivity contribution >= 4 is 27.5 Å². The molecule has 1 fully saturated rings. The zero-order chi connectivity index (χ0) is 21.0. The van der Waals surface area contributed by atoms with E-state index in [-0.39, 0.29) is 23.1 Å². The number of nitrogens with one attached hydrogen (secondary N) is 1. The first-order valence-electron chi connectivity index (χ1n) is 9.49. The molecule has 1 saturated heterocycles. The van der Waals surface area contributed by atoms with E-state index in [1.54, 1.807) is 30.3 Å². The highest BCUT2D eigenvalue weighted by molar-refractivity contribution is 7.88. The maximum absolute atomic E-state index is 12.7. The van der Waals surface area contributed by atoms with E-state index in [1.807, 2.05) is 25.1 Å². The van der Waals surface area contributed by atoms with Crippen LogP contribution >= 0.6 is 0 Å². The van der Waals surface area contributed by atoms with Crippen molar-refractivity contribution < 1.29 is 18.0 Å². The number of carbonyl (C=O) groups is 2. The van der Waals surface area contributed by atoms with Gasteiger partial charge in [-0.2, -0.15) is 0 Å². The van der Waals surface area contributed by atoms with Gasteiger partial charge in [0, 0.05) is 19.0 Å². The van der Waals surface area contributed by atoms with Gasteiger partial charge in [-0.15, -0.1) is 0 Å². The number of rotatable bonds is 6. The fraction of sp³-hybridized carbons (Fsp3) is 0.333. The average molecular weight is 416 g/mol. The third-order valence-electron chi connectivity index (χ3n) is 5.10. The van der Waals surface area contributed by atoms with Crippen LogP contribution in [0.4, 0.5) is 5.69 Å². The zero-order valence-electron chi connectivity index (χ0n) is 16.3. The van der Waals surface area contributed by atoms with Gasteiger partial charge in [0.25, 0.3) is 5.91 Å². The monoisotopic (exact) mass is 415 g/mol. The Hall–Kier alpha value is -2.71. The van der Waals surface area contributed by atoms with Crippen molar-refractivity contribution in [3.05, 3.63) is 65.2 Å². The summed E-state index contributed by atoms with van der Waals surface area (Å²) in [6.45, 7) is 2.52. The molecule has 0 saturated carbocycles. The van der Waals surface area contributed by atoms with Gasteiger partial charge in [0.2, 0.25) is 15.9 Å². The molecule has 0 unspecified atom stereocenters. The van der Waals surface area contributed by atoms with Crippen molar-refractivity contribution in [2.24, 2.45) is 11.7 Å². The molecule has 0 spiro atoms. The Morgan fingerprint density at radius 1 is 1.10 bits per heavy atom. The summed E-state index contributed by atoms with van der Waals surface area (Å²) >= 11 is 0. The molecule has 29 heavy (non-hydrogen) atoms. The average Bonchev–Trinajstić information content (AvgIpc) is 2.68. The summed E-state index contributed by atoms with van der Waals surface area (Å²) in [6, 6.07) is 14.0. The van der Waals surface area contributed by atoms with E-state index in [1.165, 1.54) is 4.31 Å². The molecule has 3 N–H and O–H groups in total. The molecule has 1 aliphatic rings. The summed E-state index contributed by atoms with van der Waals surface area (Å²) in [5.74, 6) is -1.20. The van der Waals surface area contributed by atoms with Crippen molar-refractivity contribution in [3.63, 3.8) is 0 Å². The van der Waals surface area contributed by atoms with Gasteiger partial charge in [-0.1, -0.05) is 42.0 Å². The lowest BCUT2D eigenvalue weighted by Crippen LogP contribution is -2.42. The number of amides is 2. The van der Waals surface area contributed by atoms with Crippen LogP contribution in [0, 0.1) is 12.8 Å². The van der Waals surface area contributed by atoms with Crippen LogP contribution in [0.3, 0.4) is 0 Å². The number of aryl methyl sites for hydroxylation is 1. The number of benzene rings is 2. The third-order valence-corrected chi connectivity index (χ3v) is 6.95. The molecule has 0 radical (unpaired) electrons. The van der Waals surface area contributed by atoms with Crippen LogP contribution in [0.25, 0.3) is 0 Å². The zero-order valence-corrected chi connectivity index (χ0v) is 17.1. The topological polar surface area (TPSA) is 110 Å². The van der Waals surface area contributed by atoms with Gasteiger partial charge >= 0.3 is 0 Å². The molecule has 0 aliphatic carbocycles. The molecule has 0 bridgehead atoms. The Bertz CT molecular complexity index is 1010. The number of carbonyl (C=O) groups excluding carboxylic acids is 2. The van der Waals surface area contributed by atoms with Crippen molar-refractivity contribution in [3.8, 4) is 0 Å². The maximum atomic E-state index is 12.7. The normalized spacial score (nSPS) is 15.8. The molecule has 8 heteroatoms. The summed E-state index contributed by atoms with van der Waals surface area (Å²) in [5.41, 5.74) is 7.74. The fourth-order valence-corrected chi connectivity index (χ4v) is 5.09. The second kappa shape index (κ2) is 8.75. The summed E-state index contributed by atoms with van der Waals surface area (Å²) in [6.07, 6.45) is 0.856. The molecule has 154 valence electrons. The Kier molecular flexibility index (Phi) is 6.34. The Labute approximate surface area is 171 Å². The highest BCUT2D eigenvalue weighted by atomic mass is 32.2. The minimum Gasteiger partial charge on any atom is -0.366 e. The first kappa shape index (κ1) is 21.0. The second-order valence-corrected chi connectivity index (χ2v) is 9.29. The highest BCUT2D eigenvalue weighted by Crippen LogP contribution is 2.24. The first-order chi connectivity index (χ1) is 13.8. The molecular formula is C21H25N3O4S. The Morgan fingerprint density at radius 3 is 2.45 bits per heavy atom. The lowest BCUT2D eigenvalue weighted by Gasteiger charge is -2.30. The number of nitrogens with two attached hydrogens (primary N) is 1. The largest absolute Gasteiger partial charge is 0.366 e. The summed E-state index contributed by atoms with van der Waals surface area (Å²) in [7, 11) is -3.44. The number of hydrogen-bond acceptors (Lipinski definition) is 4. The van der Waals surface area contributed by atoms with Crippen molar-refractivity contribution in [1.29, 1.82) is 0 Å². The summed E-state index contributed by atoms with van der Waals surface area (Å²) < 4.78 is 26.9. The van der Waals surface area contributed by atoms with Gasteiger partial charge in [-0.05, 0) is 37.5 Å². The molecule has 2 aromatic carbocycles. The number of hydrogen-bond donors (Lipinski definition) is 2. The molecule has 1 heterocycles. The smallest absolute Gasteiger partial charge is 0.250 e. The van der Waals surface area contributed by atoms with Crippen molar-refractivity contribution in [2.75, 3.05) is 18.4 Å². The molecule has 2 amide bonds. The Balaban J connectivity index is 1.60. The van der Waals surface area contributed by atoms with Crippen LogP contribution in [0.15, 0.2) is 48.5 Å². The van der Waals surface area contributed by atoms with Gasteiger partial charge < -0.3 is 11.1 Å². The van der Waals surface area contributed by atoms with Crippen LogP contribution in [0.2, 0.25) is 0 Å². The van der Waals surface area contributed by atoms with Crippen molar-refractivity contribution in [2.45, 2.75) is 25.5 Å². The van der Waals surface area contributed by atoms with Crippen LogP contribution in [-0.2, 0) is 20.6 Å². The minimum atomic E-state index is -3.44. The van der Waals surface area contributed by atoms with E-state index in [0.717, 1.165) is 11.1 Å². The van der Waals surface area contributed by atoms with Gasteiger partial charge in [0.15, 0.2) is 0 Å². The third kappa shape index (κ3) is 5.21. The van der Waals surface area contributed by atoms with Crippen molar-refractivity contribution in [1.82, 2.24) is 4.31 Å².